The summed E-state index contributed by atoms with van der Waals surface area (Å²) in [6, 6.07) is 4.15. The largest absolute Gasteiger partial charge is 0.299 e. The molecule has 1 nitrogen and oxygen atoms in total. The van der Waals surface area contributed by atoms with Crippen LogP contribution in [0.5, 0.6) is 0 Å². The van der Waals surface area contributed by atoms with Gasteiger partial charge in [0.1, 0.15) is 11.6 Å². The van der Waals surface area contributed by atoms with Crippen LogP contribution in [0.3, 0.4) is 0 Å². The van der Waals surface area contributed by atoms with E-state index < -0.39 is 0 Å². The van der Waals surface area contributed by atoms with Gasteiger partial charge in [-0.1, -0.05) is 11.6 Å². The highest BCUT2D eigenvalue weighted by atomic mass is 35.5. The van der Waals surface area contributed by atoms with Gasteiger partial charge in [-0.25, -0.2) is 4.39 Å². The number of halogens is 2. The minimum absolute atomic E-state index is 0.160. The Kier molecular flexibility index (Phi) is 2.08. The lowest BCUT2D eigenvalue weighted by atomic mass is 9.78. The third-order valence-corrected chi connectivity index (χ3v) is 2.75. The molecule has 0 bridgehead atoms. The molecule has 1 atom stereocenters. The molecule has 0 spiro atoms. The fraction of sp³-hybridized carbons (Fsp3) is 0.300. The van der Waals surface area contributed by atoms with E-state index in [2.05, 4.69) is 0 Å². The van der Waals surface area contributed by atoms with Crippen molar-refractivity contribution in [3.8, 4) is 0 Å². The first kappa shape index (κ1) is 8.70. The van der Waals surface area contributed by atoms with Crippen molar-refractivity contribution in [2.45, 2.75) is 18.8 Å². The maximum atomic E-state index is 12.8. The predicted molar refractivity (Wildman–Crippen MR) is 48.4 cm³/mol. The van der Waals surface area contributed by atoms with E-state index in [9.17, 15) is 9.18 Å². The van der Waals surface area contributed by atoms with Crippen LogP contribution in [0, 0.1) is 5.82 Å². The Balaban J connectivity index is 2.38. The molecule has 0 aromatic heterocycles. The molecule has 1 aromatic rings. The second kappa shape index (κ2) is 3.11. The van der Waals surface area contributed by atoms with E-state index in [-0.39, 0.29) is 17.5 Å². The van der Waals surface area contributed by atoms with Gasteiger partial charge in [0.2, 0.25) is 0 Å². The number of hydrogen-bond acceptors (Lipinski definition) is 1. The Morgan fingerprint density at radius 3 is 2.77 bits per heavy atom. The molecule has 1 saturated carbocycles. The van der Waals surface area contributed by atoms with Crippen LogP contribution in [-0.4, -0.2) is 5.78 Å². The topological polar surface area (TPSA) is 17.1 Å². The maximum Gasteiger partial charge on any atom is 0.140 e. The van der Waals surface area contributed by atoms with Crippen molar-refractivity contribution in [1.29, 1.82) is 0 Å². The van der Waals surface area contributed by atoms with Crippen LogP contribution in [0.15, 0.2) is 18.2 Å². The van der Waals surface area contributed by atoms with Crippen molar-refractivity contribution in [3.63, 3.8) is 0 Å². The fourth-order valence-electron chi connectivity index (χ4n) is 1.52. The van der Waals surface area contributed by atoms with E-state index in [4.69, 9.17) is 11.6 Å². The Bertz CT molecular complexity index is 362. The first-order valence-electron chi connectivity index (χ1n) is 4.16. The lowest BCUT2D eigenvalue weighted by Crippen LogP contribution is -2.23. The molecule has 2 rings (SSSR count). The summed E-state index contributed by atoms with van der Waals surface area (Å²) in [5, 5.41) is 0.486. The van der Waals surface area contributed by atoms with E-state index in [1.165, 1.54) is 18.2 Å². The first-order chi connectivity index (χ1) is 6.18. The number of benzene rings is 1. The molecule has 1 unspecified atom stereocenters. The average Bonchev–Trinajstić information content (AvgIpc) is 2.09. The molecule has 0 heterocycles. The summed E-state index contributed by atoms with van der Waals surface area (Å²) in [6.07, 6.45) is 1.39. The predicted octanol–water partition coefficient (Wildman–Crippen LogP) is 2.93. The molecule has 0 N–H and O–H groups in total. The monoisotopic (exact) mass is 198 g/mol. The smallest absolute Gasteiger partial charge is 0.140 e. The Morgan fingerprint density at radius 1 is 1.46 bits per heavy atom. The second-order valence-corrected chi connectivity index (χ2v) is 3.63. The van der Waals surface area contributed by atoms with E-state index in [0.717, 1.165) is 6.42 Å². The molecule has 0 aliphatic heterocycles. The van der Waals surface area contributed by atoms with Crippen molar-refractivity contribution in [2.75, 3.05) is 0 Å². The van der Waals surface area contributed by atoms with Crippen molar-refractivity contribution >= 4 is 17.4 Å². The first-order valence-corrected chi connectivity index (χ1v) is 4.54. The number of ketones is 1. The van der Waals surface area contributed by atoms with Crippen molar-refractivity contribution in [2.24, 2.45) is 0 Å². The summed E-state index contributed by atoms with van der Waals surface area (Å²) in [7, 11) is 0. The third kappa shape index (κ3) is 1.46. The van der Waals surface area contributed by atoms with Crippen LogP contribution in [0.25, 0.3) is 0 Å². The number of Topliss-reactive ketones (excluding diaryl/α,β-unsaturated/α-hetero) is 1. The van der Waals surface area contributed by atoms with Gasteiger partial charge in [0.05, 0.1) is 0 Å². The van der Waals surface area contributed by atoms with Crippen LogP contribution >= 0.6 is 11.6 Å². The zero-order valence-corrected chi connectivity index (χ0v) is 7.64. The van der Waals surface area contributed by atoms with Gasteiger partial charge in [-0.2, -0.15) is 0 Å². The van der Waals surface area contributed by atoms with Crippen molar-refractivity contribution < 1.29 is 9.18 Å². The lowest BCUT2D eigenvalue weighted by molar-refractivity contribution is -0.125. The van der Waals surface area contributed by atoms with E-state index in [0.29, 0.717) is 17.0 Å². The van der Waals surface area contributed by atoms with Gasteiger partial charge in [-0.15, -0.1) is 0 Å². The van der Waals surface area contributed by atoms with E-state index >= 15 is 0 Å². The zero-order valence-electron chi connectivity index (χ0n) is 6.89. The average molecular weight is 199 g/mol. The maximum absolute atomic E-state index is 12.8. The molecule has 0 saturated heterocycles. The van der Waals surface area contributed by atoms with E-state index in [1.807, 2.05) is 0 Å². The van der Waals surface area contributed by atoms with Crippen LogP contribution < -0.4 is 0 Å². The number of hydrogen-bond donors (Lipinski definition) is 0. The van der Waals surface area contributed by atoms with Gasteiger partial charge in [0.15, 0.2) is 0 Å². The number of carbonyl (C=O) groups excluding carboxylic acids is 1. The van der Waals surface area contributed by atoms with Gasteiger partial charge in [-0.3, -0.25) is 4.79 Å². The van der Waals surface area contributed by atoms with Crippen molar-refractivity contribution in [1.82, 2.24) is 0 Å². The van der Waals surface area contributed by atoms with Crippen molar-refractivity contribution in [3.05, 3.63) is 34.6 Å². The third-order valence-electron chi connectivity index (χ3n) is 2.40. The SMILES string of the molecule is O=C1CCC1c1cc(F)ccc1Cl. The molecule has 0 radical (unpaired) electrons. The highest BCUT2D eigenvalue weighted by Crippen LogP contribution is 2.36. The summed E-state index contributed by atoms with van der Waals surface area (Å²) in [5.74, 6) is -0.338. The van der Waals surface area contributed by atoms with Crippen LogP contribution in [-0.2, 0) is 4.79 Å². The highest BCUT2D eigenvalue weighted by molar-refractivity contribution is 6.31. The standard InChI is InChI=1S/C10H8ClFO/c11-9-3-1-6(12)5-8(9)7-2-4-10(7)13/h1,3,5,7H,2,4H2. The Hall–Kier alpha value is -0.890. The lowest BCUT2D eigenvalue weighted by Gasteiger charge is -2.24. The van der Waals surface area contributed by atoms with Gasteiger partial charge in [0, 0.05) is 17.4 Å². The normalized spacial score (nSPS) is 21.4. The summed E-state index contributed by atoms with van der Waals surface area (Å²) < 4.78 is 12.8. The summed E-state index contributed by atoms with van der Waals surface area (Å²) >= 11 is 5.85. The molecule has 0 amide bonds. The molecular weight excluding hydrogens is 191 g/mol. The highest BCUT2D eigenvalue weighted by Gasteiger charge is 2.31. The minimum atomic E-state index is -0.334. The quantitative estimate of drug-likeness (QED) is 0.678. The molecule has 3 heteroatoms. The molecule has 1 aliphatic rings. The molecule has 13 heavy (non-hydrogen) atoms. The second-order valence-electron chi connectivity index (χ2n) is 3.22. The van der Waals surface area contributed by atoms with Crippen LogP contribution in [0.4, 0.5) is 4.39 Å². The van der Waals surface area contributed by atoms with Gasteiger partial charge in [0.25, 0.3) is 0 Å². The summed E-state index contributed by atoms with van der Waals surface area (Å²) in [4.78, 5) is 11.1. The minimum Gasteiger partial charge on any atom is -0.299 e. The summed E-state index contributed by atoms with van der Waals surface area (Å²) in [6.45, 7) is 0. The molecule has 1 aliphatic carbocycles. The fourth-order valence-corrected chi connectivity index (χ4v) is 1.77. The van der Waals surface area contributed by atoms with Gasteiger partial charge in [-0.05, 0) is 30.2 Å². The number of rotatable bonds is 1. The number of carbonyl (C=O) groups is 1. The van der Waals surface area contributed by atoms with Crippen LogP contribution in [0.1, 0.15) is 24.3 Å². The molecule has 1 fully saturated rings. The zero-order chi connectivity index (χ0) is 9.42. The molecule has 68 valence electrons. The molecule has 1 aromatic carbocycles. The Labute approximate surface area is 80.5 Å². The Morgan fingerprint density at radius 2 is 2.23 bits per heavy atom. The van der Waals surface area contributed by atoms with Crippen LogP contribution in [0.2, 0.25) is 5.02 Å². The van der Waals surface area contributed by atoms with Gasteiger partial charge >= 0.3 is 0 Å². The summed E-state index contributed by atoms with van der Waals surface area (Å²) in [5.41, 5.74) is 0.637. The van der Waals surface area contributed by atoms with Gasteiger partial charge < -0.3 is 0 Å². The van der Waals surface area contributed by atoms with E-state index in [1.54, 1.807) is 0 Å². The molecular formula is C10H8ClFO.